The van der Waals surface area contributed by atoms with Gasteiger partial charge in [-0.15, -0.1) is 0 Å². The monoisotopic (exact) mass is 277 g/mol. The lowest BCUT2D eigenvalue weighted by atomic mass is 9.87. The van der Waals surface area contributed by atoms with Gasteiger partial charge in [0.05, 0.1) is 11.7 Å². The minimum atomic E-state index is 0.409. The third-order valence-corrected chi connectivity index (χ3v) is 4.85. The number of hydrogen-bond donors (Lipinski definition) is 1. The molecule has 0 bridgehead atoms. The highest BCUT2D eigenvalue weighted by molar-refractivity contribution is 5.28. The Hall–Kier alpha value is -0.830. The minimum Gasteiger partial charge on any atom is -0.310 e. The number of rotatable bonds is 5. The maximum Gasteiger partial charge on any atom is 0.0644 e. The molecule has 1 aliphatic carbocycles. The van der Waals surface area contributed by atoms with Gasteiger partial charge in [0.25, 0.3) is 0 Å². The van der Waals surface area contributed by atoms with Crippen molar-refractivity contribution in [3.63, 3.8) is 0 Å². The molecule has 1 atom stereocenters. The van der Waals surface area contributed by atoms with Crippen LogP contribution in [0.15, 0.2) is 0 Å². The Balaban J connectivity index is 2.15. The van der Waals surface area contributed by atoms with Crippen molar-refractivity contribution in [2.45, 2.75) is 78.8 Å². The standard InChI is InChI=1S/C17H31N3/c1-6-11-18-13(3)17-14(4)19-20(15(17)5)16-9-7-12(2)8-10-16/h12-13,16,18H,6-11H2,1-5H3. The topological polar surface area (TPSA) is 29.9 Å². The fourth-order valence-electron chi connectivity index (χ4n) is 3.61. The molecule has 0 saturated heterocycles. The summed E-state index contributed by atoms with van der Waals surface area (Å²) < 4.78 is 2.32. The van der Waals surface area contributed by atoms with E-state index in [1.165, 1.54) is 49.1 Å². The normalized spacial score (nSPS) is 24.9. The highest BCUT2D eigenvalue weighted by Gasteiger charge is 2.24. The smallest absolute Gasteiger partial charge is 0.0644 e. The van der Waals surface area contributed by atoms with Gasteiger partial charge in [-0.05, 0) is 65.3 Å². The van der Waals surface area contributed by atoms with E-state index in [9.17, 15) is 0 Å². The molecule has 1 N–H and O–H groups in total. The summed E-state index contributed by atoms with van der Waals surface area (Å²) in [6.45, 7) is 12.3. The van der Waals surface area contributed by atoms with E-state index in [0.29, 0.717) is 12.1 Å². The van der Waals surface area contributed by atoms with E-state index < -0.39 is 0 Å². The summed E-state index contributed by atoms with van der Waals surface area (Å²) in [5.74, 6) is 0.896. The third-order valence-electron chi connectivity index (χ3n) is 4.85. The summed E-state index contributed by atoms with van der Waals surface area (Å²) in [7, 11) is 0. The Kier molecular flexibility index (Phi) is 5.25. The Labute approximate surface area is 124 Å². The van der Waals surface area contributed by atoms with Gasteiger partial charge in [0, 0.05) is 17.3 Å². The molecule has 1 aromatic rings. The zero-order chi connectivity index (χ0) is 14.7. The first-order chi connectivity index (χ1) is 9.54. The number of hydrogen-bond acceptors (Lipinski definition) is 2. The van der Waals surface area contributed by atoms with Crippen LogP contribution in [-0.2, 0) is 0 Å². The first kappa shape index (κ1) is 15.6. The average Bonchev–Trinajstić information content (AvgIpc) is 2.72. The van der Waals surface area contributed by atoms with Crippen LogP contribution in [0.4, 0.5) is 0 Å². The zero-order valence-corrected chi connectivity index (χ0v) is 13.9. The molecule has 20 heavy (non-hydrogen) atoms. The van der Waals surface area contributed by atoms with Gasteiger partial charge in [-0.1, -0.05) is 13.8 Å². The third kappa shape index (κ3) is 3.25. The lowest BCUT2D eigenvalue weighted by Gasteiger charge is -2.27. The summed E-state index contributed by atoms with van der Waals surface area (Å²) in [5, 5.41) is 8.46. The van der Waals surface area contributed by atoms with Gasteiger partial charge < -0.3 is 5.32 Å². The number of aromatic nitrogens is 2. The molecule has 0 aliphatic heterocycles. The largest absolute Gasteiger partial charge is 0.310 e. The van der Waals surface area contributed by atoms with Crippen LogP contribution >= 0.6 is 0 Å². The van der Waals surface area contributed by atoms with Crippen LogP contribution in [-0.4, -0.2) is 16.3 Å². The van der Waals surface area contributed by atoms with E-state index >= 15 is 0 Å². The van der Waals surface area contributed by atoms with E-state index in [1.807, 2.05) is 0 Å². The molecule has 1 unspecified atom stereocenters. The fraction of sp³-hybridized carbons (Fsp3) is 0.824. The van der Waals surface area contributed by atoms with E-state index in [2.05, 4.69) is 44.6 Å². The van der Waals surface area contributed by atoms with Crippen LogP contribution in [0.3, 0.4) is 0 Å². The number of nitrogens with one attached hydrogen (secondary N) is 1. The second-order valence-corrected chi connectivity index (χ2v) is 6.62. The summed E-state index contributed by atoms with van der Waals surface area (Å²) in [4.78, 5) is 0. The van der Waals surface area contributed by atoms with Gasteiger partial charge in [0.1, 0.15) is 0 Å². The predicted octanol–water partition coefficient (Wildman–Crippen LogP) is 4.31. The SMILES string of the molecule is CCCNC(C)c1c(C)nn(C2CCC(C)CC2)c1C. The van der Waals surface area contributed by atoms with E-state index in [1.54, 1.807) is 0 Å². The molecule has 114 valence electrons. The van der Waals surface area contributed by atoms with Crippen LogP contribution in [0.5, 0.6) is 0 Å². The zero-order valence-electron chi connectivity index (χ0n) is 13.9. The van der Waals surface area contributed by atoms with Gasteiger partial charge in [-0.2, -0.15) is 5.10 Å². The first-order valence-electron chi connectivity index (χ1n) is 8.33. The first-order valence-corrected chi connectivity index (χ1v) is 8.33. The van der Waals surface area contributed by atoms with Crippen molar-refractivity contribution in [2.75, 3.05) is 6.54 Å². The predicted molar refractivity (Wildman–Crippen MR) is 85.1 cm³/mol. The number of aryl methyl sites for hydroxylation is 1. The van der Waals surface area contributed by atoms with Crippen molar-refractivity contribution >= 4 is 0 Å². The maximum absolute atomic E-state index is 4.86. The Morgan fingerprint density at radius 1 is 1.25 bits per heavy atom. The van der Waals surface area contributed by atoms with Crippen molar-refractivity contribution in [1.82, 2.24) is 15.1 Å². The lowest BCUT2D eigenvalue weighted by molar-refractivity contribution is 0.270. The molecule has 1 heterocycles. The molecule has 0 amide bonds. The van der Waals surface area contributed by atoms with E-state index in [-0.39, 0.29) is 0 Å². The van der Waals surface area contributed by atoms with E-state index in [4.69, 9.17) is 5.10 Å². The van der Waals surface area contributed by atoms with Crippen LogP contribution in [0, 0.1) is 19.8 Å². The summed E-state index contributed by atoms with van der Waals surface area (Å²) in [6.07, 6.45) is 6.46. The molecule has 0 radical (unpaired) electrons. The van der Waals surface area contributed by atoms with Gasteiger partial charge in [0.15, 0.2) is 0 Å². The van der Waals surface area contributed by atoms with Crippen molar-refractivity contribution in [1.29, 1.82) is 0 Å². The molecule has 3 nitrogen and oxygen atoms in total. The van der Waals surface area contributed by atoms with Gasteiger partial charge in [-0.3, -0.25) is 4.68 Å². The molecular formula is C17H31N3. The molecular weight excluding hydrogens is 246 g/mol. The molecule has 1 aromatic heterocycles. The summed E-state index contributed by atoms with van der Waals surface area (Å²) in [6, 6.07) is 1.03. The second kappa shape index (κ2) is 6.75. The molecule has 1 aliphatic rings. The van der Waals surface area contributed by atoms with Crippen LogP contribution in [0.25, 0.3) is 0 Å². The van der Waals surface area contributed by atoms with Crippen LogP contribution < -0.4 is 5.32 Å². The summed E-state index contributed by atoms with van der Waals surface area (Å²) >= 11 is 0. The highest BCUT2D eigenvalue weighted by Crippen LogP contribution is 2.34. The fourth-order valence-corrected chi connectivity index (χ4v) is 3.61. The van der Waals surface area contributed by atoms with Gasteiger partial charge in [-0.25, -0.2) is 0 Å². The van der Waals surface area contributed by atoms with Crippen molar-refractivity contribution in [3.05, 3.63) is 17.0 Å². The van der Waals surface area contributed by atoms with Crippen molar-refractivity contribution < 1.29 is 0 Å². The van der Waals surface area contributed by atoms with Gasteiger partial charge in [0.2, 0.25) is 0 Å². The van der Waals surface area contributed by atoms with Gasteiger partial charge >= 0.3 is 0 Å². The highest BCUT2D eigenvalue weighted by atomic mass is 15.3. The quantitative estimate of drug-likeness (QED) is 0.869. The second-order valence-electron chi connectivity index (χ2n) is 6.62. The maximum atomic E-state index is 4.86. The molecule has 1 fully saturated rings. The molecule has 0 spiro atoms. The van der Waals surface area contributed by atoms with E-state index in [0.717, 1.165) is 12.5 Å². The van der Waals surface area contributed by atoms with Crippen LogP contribution in [0.1, 0.15) is 81.9 Å². The molecule has 0 aromatic carbocycles. The molecule has 2 rings (SSSR count). The molecule has 1 saturated carbocycles. The summed E-state index contributed by atoms with van der Waals surface area (Å²) in [5.41, 5.74) is 3.99. The Morgan fingerprint density at radius 3 is 2.50 bits per heavy atom. The Bertz CT molecular complexity index is 428. The molecule has 3 heteroatoms. The van der Waals surface area contributed by atoms with Crippen molar-refractivity contribution in [2.24, 2.45) is 5.92 Å². The minimum absolute atomic E-state index is 0.409. The average molecular weight is 277 g/mol. The Morgan fingerprint density at radius 2 is 1.90 bits per heavy atom. The number of nitrogens with zero attached hydrogens (tertiary/aromatic N) is 2. The van der Waals surface area contributed by atoms with Crippen molar-refractivity contribution in [3.8, 4) is 0 Å². The lowest BCUT2D eigenvalue weighted by Crippen LogP contribution is -2.21. The van der Waals surface area contributed by atoms with Crippen LogP contribution in [0.2, 0.25) is 0 Å².